The van der Waals surface area contributed by atoms with Gasteiger partial charge < -0.3 is 19.8 Å². The Morgan fingerprint density at radius 3 is 2.96 bits per heavy atom. The number of rotatable bonds is 6. The second-order valence-corrected chi connectivity index (χ2v) is 5.98. The minimum Gasteiger partial charge on any atom is -0.493 e. The zero-order valence-electron chi connectivity index (χ0n) is 14.3. The van der Waals surface area contributed by atoms with Crippen LogP contribution in [0.15, 0.2) is 52.1 Å². The van der Waals surface area contributed by atoms with E-state index in [-0.39, 0.29) is 6.04 Å². The van der Waals surface area contributed by atoms with Gasteiger partial charge in [-0.1, -0.05) is 18.2 Å². The molecule has 0 fully saturated rings. The van der Waals surface area contributed by atoms with Crippen molar-refractivity contribution in [1.29, 1.82) is 0 Å². The Balaban J connectivity index is 1.60. The summed E-state index contributed by atoms with van der Waals surface area (Å²) in [7, 11) is 0. The standard InChI is InChI=1S/C19H25N3O2/c1-3-20-19(21-11-10-15-7-6-12-23-15)22-14(2)17-13-24-18-9-5-4-8-16(17)18/h4-9,12,14,17H,3,10-11,13H2,1-2H3,(H2,20,21,22). The molecule has 0 bridgehead atoms. The molecule has 2 atom stereocenters. The molecule has 0 spiro atoms. The van der Waals surface area contributed by atoms with E-state index in [0.29, 0.717) is 19.1 Å². The topological polar surface area (TPSA) is 58.8 Å². The maximum Gasteiger partial charge on any atom is 0.191 e. The second-order valence-electron chi connectivity index (χ2n) is 5.98. The minimum atomic E-state index is 0.232. The Labute approximate surface area is 143 Å². The van der Waals surface area contributed by atoms with Crippen LogP contribution in [0.2, 0.25) is 0 Å². The summed E-state index contributed by atoms with van der Waals surface area (Å²) >= 11 is 0. The van der Waals surface area contributed by atoms with Crippen molar-refractivity contribution in [2.45, 2.75) is 32.2 Å². The third-order valence-corrected chi connectivity index (χ3v) is 4.26. The van der Waals surface area contributed by atoms with Gasteiger partial charge in [0.05, 0.1) is 12.9 Å². The minimum absolute atomic E-state index is 0.232. The molecular formula is C19H25N3O2. The van der Waals surface area contributed by atoms with E-state index in [2.05, 4.69) is 41.6 Å². The van der Waals surface area contributed by atoms with Gasteiger partial charge in [0, 0.05) is 37.0 Å². The van der Waals surface area contributed by atoms with Crippen molar-refractivity contribution in [1.82, 2.24) is 10.6 Å². The number of hydrogen-bond acceptors (Lipinski definition) is 3. The lowest BCUT2D eigenvalue weighted by atomic mass is 9.94. The molecule has 5 heteroatoms. The third kappa shape index (κ3) is 3.91. The fourth-order valence-electron chi connectivity index (χ4n) is 2.97. The average Bonchev–Trinajstić information content (AvgIpc) is 3.24. The van der Waals surface area contributed by atoms with E-state index in [1.807, 2.05) is 24.3 Å². The van der Waals surface area contributed by atoms with E-state index < -0.39 is 0 Å². The maximum atomic E-state index is 5.79. The highest BCUT2D eigenvalue weighted by atomic mass is 16.5. The van der Waals surface area contributed by atoms with Crippen molar-refractivity contribution in [2.75, 3.05) is 19.7 Å². The highest BCUT2D eigenvalue weighted by Gasteiger charge is 2.29. The van der Waals surface area contributed by atoms with Crippen LogP contribution >= 0.6 is 0 Å². The van der Waals surface area contributed by atoms with Crippen molar-refractivity contribution in [3.8, 4) is 5.75 Å². The molecule has 1 aromatic heterocycles. The summed E-state index contributed by atoms with van der Waals surface area (Å²) in [5.41, 5.74) is 1.27. The van der Waals surface area contributed by atoms with Gasteiger partial charge >= 0.3 is 0 Å². The summed E-state index contributed by atoms with van der Waals surface area (Å²) in [6.45, 7) is 6.47. The summed E-state index contributed by atoms with van der Waals surface area (Å²) in [6.07, 6.45) is 2.50. The Hall–Kier alpha value is -2.43. The fraction of sp³-hybridized carbons (Fsp3) is 0.421. The van der Waals surface area contributed by atoms with Crippen molar-refractivity contribution < 1.29 is 9.15 Å². The maximum absolute atomic E-state index is 5.79. The molecule has 0 saturated heterocycles. The number of para-hydroxylation sites is 1. The lowest BCUT2D eigenvalue weighted by Crippen LogP contribution is -2.45. The van der Waals surface area contributed by atoms with Crippen molar-refractivity contribution in [3.05, 3.63) is 54.0 Å². The summed E-state index contributed by atoms with van der Waals surface area (Å²) in [4.78, 5) is 4.65. The number of guanidine groups is 1. The van der Waals surface area contributed by atoms with Gasteiger partial charge in [-0.2, -0.15) is 0 Å². The van der Waals surface area contributed by atoms with Gasteiger partial charge in [0.15, 0.2) is 5.96 Å². The number of nitrogens with zero attached hydrogens (tertiary/aromatic N) is 1. The van der Waals surface area contributed by atoms with E-state index in [1.165, 1.54) is 5.56 Å². The van der Waals surface area contributed by atoms with Crippen LogP contribution < -0.4 is 15.4 Å². The van der Waals surface area contributed by atoms with Crippen LogP contribution in [-0.2, 0) is 6.42 Å². The number of aliphatic imine (C=N–C) groups is 1. The van der Waals surface area contributed by atoms with Crippen LogP contribution in [0.5, 0.6) is 5.75 Å². The van der Waals surface area contributed by atoms with Crippen LogP contribution in [0.25, 0.3) is 0 Å². The quantitative estimate of drug-likeness (QED) is 0.633. The molecule has 2 N–H and O–H groups in total. The summed E-state index contributed by atoms with van der Waals surface area (Å²) < 4.78 is 11.1. The van der Waals surface area contributed by atoms with Crippen LogP contribution in [0, 0.1) is 0 Å². The molecule has 0 amide bonds. The molecule has 128 valence electrons. The first-order valence-corrected chi connectivity index (χ1v) is 8.57. The van der Waals surface area contributed by atoms with Crippen molar-refractivity contribution >= 4 is 5.96 Å². The number of nitrogens with one attached hydrogen (secondary N) is 2. The molecule has 5 nitrogen and oxygen atoms in total. The Bertz CT molecular complexity index is 667. The highest BCUT2D eigenvalue weighted by Crippen LogP contribution is 2.35. The zero-order valence-corrected chi connectivity index (χ0v) is 14.3. The monoisotopic (exact) mass is 327 g/mol. The van der Waals surface area contributed by atoms with Gasteiger partial charge in [-0.25, -0.2) is 0 Å². The number of furan rings is 1. The van der Waals surface area contributed by atoms with Gasteiger partial charge in [-0.05, 0) is 32.0 Å². The molecule has 2 heterocycles. The van der Waals surface area contributed by atoms with Crippen LogP contribution in [0.3, 0.4) is 0 Å². The molecule has 0 radical (unpaired) electrons. The average molecular weight is 327 g/mol. The molecule has 24 heavy (non-hydrogen) atoms. The molecule has 3 rings (SSSR count). The number of fused-ring (bicyclic) bond motifs is 1. The molecule has 0 saturated carbocycles. The van der Waals surface area contributed by atoms with Crippen molar-refractivity contribution in [2.24, 2.45) is 4.99 Å². The molecular weight excluding hydrogens is 302 g/mol. The highest BCUT2D eigenvalue weighted by molar-refractivity contribution is 5.80. The largest absolute Gasteiger partial charge is 0.493 e. The van der Waals surface area contributed by atoms with E-state index >= 15 is 0 Å². The van der Waals surface area contributed by atoms with E-state index in [1.54, 1.807) is 6.26 Å². The van der Waals surface area contributed by atoms with Gasteiger partial charge in [0.25, 0.3) is 0 Å². The Morgan fingerprint density at radius 1 is 1.29 bits per heavy atom. The first kappa shape index (κ1) is 16.4. The smallest absolute Gasteiger partial charge is 0.191 e. The SMILES string of the molecule is CCNC(=NCCc1ccco1)NC(C)C1COc2ccccc21. The predicted octanol–water partition coefficient (Wildman–Crippen LogP) is 2.94. The summed E-state index contributed by atoms with van der Waals surface area (Å²) in [6, 6.07) is 12.4. The molecule has 1 aliphatic rings. The van der Waals surface area contributed by atoms with E-state index in [9.17, 15) is 0 Å². The fourth-order valence-corrected chi connectivity index (χ4v) is 2.97. The molecule has 1 aromatic carbocycles. The predicted molar refractivity (Wildman–Crippen MR) is 95.7 cm³/mol. The molecule has 2 aromatic rings. The lowest BCUT2D eigenvalue weighted by Gasteiger charge is -2.22. The normalized spacial score (nSPS) is 17.9. The number of ether oxygens (including phenoxy) is 1. The summed E-state index contributed by atoms with van der Waals surface area (Å²) in [5, 5.41) is 6.82. The Morgan fingerprint density at radius 2 is 2.17 bits per heavy atom. The van der Waals surface area contributed by atoms with Crippen LogP contribution in [0.4, 0.5) is 0 Å². The first-order chi connectivity index (χ1) is 11.8. The van der Waals surface area contributed by atoms with Crippen LogP contribution in [-0.4, -0.2) is 31.7 Å². The van der Waals surface area contributed by atoms with E-state index in [0.717, 1.165) is 30.4 Å². The van der Waals surface area contributed by atoms with Crippen LogP contribution in [0.1, 0.15) is 31.1 Å². The van der Waals surface area contributed by atoms with Gasteiger partial charge in [0.1, 0.15) is 11.5 Å². The summed E-state index contributed by atoms with van der Waals surface area (Å²) in [5.74, 6) is 3.12. The lowest BCUT2D eigenvalue weighted by molar-refractivity contribution is 0.312. The number of hydrogen-bond donors (Lipinski definition) is 2. The molecule has 0 aliphatic carbocycles. The molecule has 2 unspecified atom stereocenters. The van der Waals surface area contributed by atoms with Crippen molar-refractivity contribution in [3.63, 3.8) is 0 Å². The van der Waals surface area contributed by atoms with Gasteiger partial charge in [-0.3, -0.25) is 4.99 Å². The molecule has 1 aliphatic heterocycles. The van der Waals surface area contributed by atoms with Gasteiger partial charge in [0.2, 0.25) is 0 Å². The number of benzene rings is 1. The third-order valence-electron chi connectivity index (χ3n) is 4.26. The van der Waals surface area contributed by atoms with E-state index in [4.69, 9.17) is 9.15 Å². The Kier molecular flexibility index (Phi) is 5.41. The van der Waals surface area contributed by atoms with Gasteiger partial charge in [-0.15, -0.1) is 0 Å². The first-order valence-electron chi connectivity index (χ1n) is 8.57. The second kappa shape index (κ2) is 7.90. The zero-order chi connectivity index (χ0) is 16.8.